The third-order valence-corrected chi connectivity index (χ3v) is 2.01. The Morgan fingerprint density at radius 1 is 0.941 bits per heavy atom. The third-order valence-electron chi connectivity index (χ3n) is 2.01. The Morgan fingerprint density at radius 3 is 1.59 bits per heavy atom. The van der Waals surface area contributed by atoms with E-state index in [4.69, 9.17) is 0 Å². The van der Waals surface area contributed by atoms with E-state index in [0.717, 1.165) is 0 Å². The van der Waals surface area contributed by atoms with Gasteiger partial charge in [0.05, 0.1) is 0 Å². The summed E-state index contributed by atoms with van der Waals surface area (Å²) in [5, 5.41) is 0. The van der Waals surface area contributed by atoms with Crippen LogP contribution in [0.1, 0.15) is 26.7 Å². The molecule has 0 rings (SSSR count). The summed E-state index contributed by atoms with van der Waals surface area (Å²) in [5.41, 5.74) is 0.796. The first-order valence-corrected chi connectivity index (χ1v) is 5.34. The molecule has 3 heteroatoms. The molecule has 0 amide bonds. The Bertz CT molecular complexity index is 337. The highest BCUT2D eigenvalue weighted by atomic mass is 16.6. The van der Waals surface area contributed by atoms with Gasteiger partial charge >= 0.3 is 11.9 Å². The summed E-state index contributed by atoms with van der Waals surface area (Å²) in [4.78, 5) is 22.9. The van der Waals surface area contributed by atoms with Gasteiger partial charge in [0, 0.05) is 11.1 Å². The predicted octanol–water partition coefficient (Wildman–Crippen LogP) is 3.10. The van der Waals surface area contributed by atoms with Crippen molar-refractivity contribution in [2.75, 3.05) is 0 Å². The molecule has 0 saturated heterocycles. The van der Waals surface area contributed by atoms with E-state index in [1.54, 1.807) is 38.2 Å². The quantitative estimate of drug-likeness (QED) is 0.307. The predicted molar refractivity (Wildman–Crippen MR) is 68.2 cm³/mol. The van der Waals surface area contributed by atoms with E-state index in [9.17, 15) is 9.59 Å². The second-order valence-corrected chi connectivity index (χ2v) is 3.50. The Hall–Kier alpha value is -1.90. The van der Waals surface area contributed by atoms with E-state index in [-0.39, 0.29) is 0 Å². The first-order chi connectivity index (χ1) is 8.02. The standard InChI is InChI=1S/C14H18O3/c1-5-7-9-11(3)13(15)17-14(16)12(4)10-8-6-2/h5-6,9-10H,1-2,7-8H2,3-4H3. The van der Waals surface area contributed by atoms with Gasteiger partial charge in [0.2, 0.25) is 0 Å². The molecule has 0 bridgehead atoms. The highest BCUT2D eigenvalue weighted by Gasteiger charge is 2.13. The van der Waals surface area contributed by atoms with E-state index < -0.39 is 11.9 Å². The minimum absolute atomic E-state index is 0.398. The molecule has 0 fully saturated rings. The van der Waals surface area contributed by atoms with Gasteiger partial charge in [-0.15, -0.1) is 13.2 Å². The maximum absolute atomic E-state index is 11.4. The van der Waals surface area contributed by atoms with Crippen LogP contribution in [0.25, 0.3) is 0 Å². The lowest BCUT2D eigenvalue weighted by Gasteiger charge is -2.02. The lowest BCUT2D eigenvalue weighted by atomic mass is 10.2. The van der Waals surface area contributed by atoms with E-state index in [2.05, 4.69) is 17.9 Å². The van der Waals surface area contributed by atoms with Crippen LogP contribution in [0.2, 0.25) is 0 Å². The molecule has 17 heavy (non-hydrogen) atoms. The number of hydrogen-bond donors (Lipinski definition) is 0. The van der Waals surface area contributed by atoms with Crippen LogP contribution in [0.5, 0.6) is 0 Å². The van der Waals surface area contributed by atoms with Gasteiger partial charge in [0.1, 0.15) is 0 Å². The summed E-state index contributed by atoms with van der Waals surface area (Å²) >= 11 is 0. The highest BCUT2D eigenvalue weighted by molar-refractivity contribution is 6.01. The van der Waals surface area contributed by atoms with Crippen LogP contribution in [-0.4, -0.2) is 11.9 Å². The molecule has 0 radical (unpaired) electrons. The molecular weight excluding hydrogens is 216 g/mol. The first kappa shape index (κ1) is 15.1. The average Bonchev–Trinajstić information content (AvgIpc) is 2.32. The largest absolute Gasteiger partial charge is 0.386 e. The summed E-state index contributed by atoms with van der Waals surface area (Å²) in [6.07, 6.45) is 7.78. The molecule has 0 aliphatic heterocycles. The molecule has 0 aromatic rings. The van der Waals surface area contributed by atoms with Crippen molar-refractivity contribution in [2.45, 2.75) is 26.7 Å². The second-order valence-electron chi connectivity index (χ2n) is 3.50. The van der Waals surface area contributed by atoms with Crippen LogP contribution in [-0.2, 0) is 14.3 Å². The third kappa shape index (κ3) is 6.30. The van der Waals surface area contributed by atoms with Crippen molar-refractivity contribution in [3.8, 4) is 0 Å². The zero-order chi connectivity index (χ0) is 13.3. The fourth-order valence-corrected chi connectivity index (χ4v) is 0.932. The Morgan fingerprint density at radius 2 is 1.29 bits per heavy atom. The molecule has 0 saturated carbocycles. The fourth-order valence-electron chi connectivity index (χ4n) is 0.932. The van der Waals surface area contributed by atoms with Gasteiger partial charge in [-0.3, -0.25) is 0 Å². The van der Waals surface area contributed by atoms with Crippen LogP contribution in [0.3, 0.4) is 0 Å². The van der Waals surface area contributed by atoms with Crippen molar-refractivity contribution in [1.82, 2.24) is 0 Å². The second kappa shape index (κ2) is 8.28. The number of esters is 2. The lowest BCUT2D eigenvalue weighted by Crippen LogP contribution is -2.14. The minimum atomic E-state index is -0.622. The van der Waals surface area contributed by atoms with Crippen molar-refractivity contribution in [3.63, 3.8) is 0 Å². The van der Waals surface area contributed by atoms with Crippen LogP contribution >= 0.6 is 0 Å². The molecule has 3 nitrogen and oxygen atoms in total. The Kier molecular flexibility index (Phi) is 7.35. The molecule has 0 spiro atoms. The molecule has 0 N–H and O–H groups in total. The van der Waals surface area contributed by atoms with Gasteiger partial charge in [0.15, 0.2) is 0 Å². The van der Waals surface area contributed by atoms with Gasteiger partial charge in [-0.25, -0.2) is 9.59 Å². The number of rotatable bonds is 6. The van der Waals surface area contributed by atoms with Gasteiger partial charge < -0.3 is 4.74 Å². The van der Waals surface area contributed by atoms with Crippen molar-refractivity contribution in [3.05, 3.63) is 48.6 Å². The summed E-state index contributed by atoms with van der Waals surface area (Å²) in [7, 11) is 0. The average molecular weight is 234 g/mol. The number of allylic oxidation sites excluding steroid dienone is 4. The zero-order valence-electron chi connectivity index (χ0n) is 10.4. The smallest absolute Gasteiger partial charge is 0.341 e. The monoisotopic (exact) mass is 234 g/mol. The normalized spacial score (nSPS) is 11.9. The number of carbonyl (C=O) groups excluding carboxylic acids is 2. The highest BCUT2D eigenvalue weighted by Crippen LogP contribution is 2.04. The summed E-state index contributed by atoms with van der Waals surface area (Å²) in [6.45, 7) is 10.3. The van der Waals surface area contributed by atoms with E-state index in [1.807, 2.05) is 0 Å². The lowest BCUT2D eigenvalue weighted by molar-refractivity contribution is -0.153. The maximum atomic E-state index is 11.4. The van der Waals surface area contributed by atoms with Crippen LogP contribution in [0.15, 0.2) is 48.6 Å². The number of ether oxygens (including phenoxy) is 1. The number of hydrogen-bond acceptors (Lipinski definition) is 3. The van der Waals surface area contributed by atoms with Crippen molar-refractivity contribution >= 4 is 11.9 Å². The molecule has 0 heterocycles. The van der Waals surface area contributed by atoms with Crippen molar-refractivity contribution < 1.29 is 14.3 Å². The molecule has 0 aliphatic carbocycles. The van der Waals surface area contributed by atoms with Crippen molar-refractivity contribution in [2.24, 2.45) is 0 Å². The van der Waals surface area contributed by atoms with Gasteiger partial charge in [-0.05, 0) is 26.7 Å². The molecule has 0 aromatic carbocycles. The topological polar surface area (TPSA) is 43.4 Å². The summed E-state index contributed by atoms with van der Waals surface area (Å²) in [5.74, 6) is -1.24. The van der Waals surface area contributed by atoms with Gasteiger partial charge in [-0.2, -0.15) is 0 Å². The van der Waals surface area contributed by atoms with E-state index in [0.29, 0.717) is 24.0 Å². The summed E-state index contributed by atoms with van der Waals surface area (Å²) < 4.78 is 4.69. The SMILES string of the molecule is C=CCC=C(C)C(=O)OC(=O)C(C)=CCC=C. The minimum Gasteiger partial charge on any atom is -0.386 e. The van der Waals surface area contributed by atoms with Gasteiger partial charge in [0.25, 0.3) is 0 Å². The summed E-state index contributed by atoms with van der Waals surface area (Å²) in [6, 6.07) is 0. The van der Waals surface area contributed by atoms with E-state index >= 15 is 0 Å². The van der Waals surface area contributed by atoms with Crippen LogP contribution < -0.4 is 0 Å². The van der Waals surface area contributed by atoms with Crippen LogP contribution in [0, 0.1) is 0 Å². The van der Waals surface area contributed by atoms with Crippen molar-refractivity contribution in [1.29, 1.82) is 0 Å². The maximum Gasteiger partial charge on any atom is 0.341 e. The fraction of sp³-hybridized carbons (Fsp3) is 0.286. The molecule has 0 aromatic heterocycles. The Balaban J connectivity index is 4.43. The van der Waals surface area contributed by atoms with E-state index in [1.165, 1.54) is 0 Å². The number of carbonyl (C=O) groups is 2. The molecular formula is C14H18O3. The molecule has 92 valence electrons. The first-order valence-electron chi connectivity index (χ1n) is 5.34. The zero-order valence-corrected chi connectivity index (χ0v) is 10.4. The Labute approximate surface area is 102 Å². The van der Waals surface area contributed by atoms with Gasteiger partial charge in [-0.1, -0.05) is 24.3 Å². The van der Waals surface area contributed by atoms with Crippen LogP contribution in [0.4, 0.5) is 0 Å². The molecule has 0 aliphatic rings. The molecule has 0 unspecified atom stereocenters. The molecule has 0 atom stereocenters.